The molecule has 0 spiro atoms. The topological polar surface area (TPSA) is 82.0 Å². The molecule has 17 heavy (non-hydrogen) atoms. The molecule has 0 heterocycles. The normalized spacial score (nSPS) is 9.24. The number of hydrogen-bond donors (Lipinski definition) is 2. The van der Waals surface area contributed by atoms with Crippen LogP contribution in [0.25, 0.3) is 0 Å². The maximum absolute atomic E-state index is 11.4. The average molecular weight is 296 g/mol. The number of nitriles is 1. The average Bonchev–Trinajstić information content (AvgIpc) is 2.30. The number of nitrogens with zero attached hydrogens (tertiary/aromatic N) is 1. The highest BCUT2D eigenvalue weighted by atomic mass is 79.9. The number of carbonyl (C=O) groups excluding carboxylic acids is 2. The summed E-state index contributed by atoms with van der Waals surface area (Å²) in [6.07, 6.45) is 0. The summed E-state index contributed by atoms with van der Waals surface area (Å²) in [7, 11) is 0. The van der Waals surface area contributed by atoms with E-state index in [1.165, 1.54) is 0 Å². The Labute approximate surface area is 107 Å². The van der Waals surface area contributed by atoms with Gasteiger partial charge >= 0.3 is 11.8 Å². The Hall–Kier alpha value is -1.87. The van der Waals surface area contributed by atoms with Crippen molar-refractivity contribution in [3.8, 4) is 6.07 Å². The van der Waals surface area contributed by atoms with Gasteiger partial charge in [-0.05, 0) is 40.5 Å². The number of anilines is 1. The molecule has 5 nitrogen and oxygen atoms in total. The molecule has 0 saturated heterocycles. The van der Waals surface area contributed by atoms with Crippen molar-refractivity contribution in [3.63, 3.8) is 0 Å². The van der Waals surface area contributed by atoms with E-state index in [2.05, 4.69) is 26.6 Å². The van der Waals surface area contributed by atoms with Gasteiger partial charge in [0.1, 0.15) is 6.54 Å². The standard InChI is InChI=1S/C11H10BrN3O2/c1-7-2-3-8(12)9(6-7)15-11(17)10(16)14-5-4-13/h2-3,6H,5H2,1H3,(H,14,16)(H,15,17). The molecule has 0 unspecified atom stereocenters. The number of carbonyl (C=O) groups is 2. The van der Waals surface area contributed by atoms with Gasteiger partial charge in [-0.3, -0.25) is 9.59 Å². The van der Waals surface area contributed by atoms with Gasteiger partial charge in [-0.15, -0.1) is 0 Å². The van der Waals surface area contributed by atoms with E-state index in [-0.39, 0.29) is 6.54 Å². The van der Waals surface area contributed by atoms with Gasteiger partial charge in [0.25, 0.3) is 0 Å². The SMILES string of the molecule is Cc1ccc(Br)c(NC(=O)C(=O)NCC#N)c1. The van der Waals surface area contributed by atoms with Crippen LogP contribution in [0.2, 0.25) is 0 Å². The van der Waals surface area contributed by atoms with Gasteiger partial charge < -0.3 is 10.6 Å². The Kier molecular flexibility index (Phi) is 4.67. The predicted molar refractivity (Wildman–Crippen MR) is 66.1 cm³/mol. The Morgan fingerprint density at radius 2 is 2.12 bits per heavy atom. The molecular weight excluding hydrogens is 286 g/mol. The van der Waals surface area contributed by atoms with Crippen molar-refractivity contribution in [3.05, 3.63) is 28.2 Å². The minimum absolute atomic E-state index is 0.193. The molecule has 0 aromatic heterocycles. The Bertz CT molecular complexity index is 494. The Morgan fingerprint density at radius 3 is 2.76 bits per heavy atom. The molecule has 0 fully saturated rings. The van der Waals surface area contributed by atoms with Gasteiger partial charge in [0.2, 0.25) is 0 Å². The maximum atomic E-state index is 11.4. The van der Waals surface area contributed by atoms with Crippen LogP contribution in [0.3, 0.4) is 0 Å². The summed E-state index contributed by atoms with van der Waals surface area (Å²) in [4.78, 5) is 22.6. The molecule has 0 radical (unpaired) electrons. The van der Waals surface area contributed by atoms with Crippen LogP contribution in [0.4, 0.5) is 5.69 Å². The zero-order valence-corrected chi connectivity index (χ0v) is 10.7. The van der Waals surface area contributed by atoms with E-state index in [4.69, 9.17) is 5.26 Å². The highest BCUT2D eigenvalue weighted by Gasteiger charge is 2.14. The van der Waals surface area contributed by atoms with E-state index in [1.807, 2.05) is 13.0 Å². The van der Waals surface area contributed by atoms with Gasteiger partial charge in [-0.2, -0.15) is 5.26 Å². The number of rotatable bonds is 2. The summed E-state index contributed by atoms with van der Waals surface area (Å²) in [6.45, 7) is 1.68. The molecule has 1 aromatic rings. The number of aryl methyl sites for hydroxylation is 1. The second-order valence-corrected chi connectivity index (χ2v) is 4.13. The van der Waals surface area contributed by atoms with E-state index in [0.29, 0.717) is 10.2 Å². The molecule has 0 saturated carbocycles. The van der Waals surface area contributed by atoms with Crippen molar-refractivity contribution in [1.82, 2.24) is 5.32 Å². The summed E-state index contributed by atoms with van der Waals surface area (Å²) in [5, 5.41) is 12.9. The van der Waals surface area contributed by atoms with E-state index >= 15 is 0 Å². The van der Waals surface area contributed by atoms with Crippen LogP contribution >= 0.6 is 15.9 Å². The summed E-state index contributed by atoms with van der Waals surface area (Å²) in [5.74, 6) is -1.63. The number of amides is 2. The fraction of sp³-hybridized carbons (Fsp3) is 0.182. The lowest BCUT2D eigenvalue weighted by atomic mass is 10.2. The third-order valence-electron chi connectivity index (χ3n) is 1.90. The molecular formula is C11H10BrN3O2. The second kappa shape index (κ2) is 6.01. The molecule has 0 aliphatic rings. The molecule has 0 atom stereocenters. The quantitative estimate of drug-likeness (QED) is 0.638. The molecule has 0 bridgehead atoms. The summed E-state index contributed by atoms with van der Waals surface area (Å²) >= 11 is 3.26. The van der Waals surface area contributed by atoms with Crippen molar-refractivity contribution < 1.29 is 9.59 Å². The number of halogens is 1. The van der Waals surface area contributed by atoms with E-state index in [9.17, 15) is 9.59 Å². The fourth-order valence-electron chi connectivity index (χ4n) is 1.11. The minimum Gasteiger partial charge on any atom is -0.335 e. The Balaban J connectivity index is 2.71. The first-order valence-electron chi connectivity index (χ1n) is 4.77. The predicted octanol–water partition coefficient (Wildman–Crippen LogP) is 1.34. The molecule has 2 N–H and O–H groups in total. The monoisotopic (exact) mass is 295 g/mol. The van der Waals surface area contributed by atoms with Gasteiger partial charge in [-0.25, -0.2) is 0 Å². The van der Waals surface area contributed by atoms with Gasteiger partial charge in [0.05, 0.1) is 11.8 Å². The maximum Gasteiger partial charge on any atom is 0.313 e. The van der Waals surface area contributed by atoms with Crippen LogP contribution in [-0.2, 0) is 9.59 Å². The lowest BCUT2D eigenvalue weighted by molar-refractivity contribution is -0.136. The third kappa shape index (κ3) is 3.89. The molecule has 0 aliphatic heterocycles. The van der Waals surface area contributed by atoms with Crippen molar-refractivity contribution in [2.24, 2.45) is 0 Å². The van der Waals surface area contributed by atoms with Crippen molar-refractivity contribution in [1.29, 1.82) is 5.26 Å². The first-order chi connectivity index (χ1) is 8.04. The lowest BCUT2D eigenvalue weighted by Crippen LogP contribution is -2.35. The third-order valence-corrected chi connectivity index (χ3v) is 2.60. The highest BCUT2D eigenvalue weighted by Crippen LogP contribution is 2.23. The van der Waals surface area contributed by atoms with Crippen LogP contribution in [0.1, 0.15) is 5.56 Å². The van der Waals surface area contributed by atoms with Crippen LogP contribution in [0, 0.1) is 18.3 Å². The molecule has 0 aliphatic carbocycles. The first kappa shape index (κ1) is 13.2. The smallest absolute Gasteiger partial charge is 0.313 e. The zero-order chi connectivity index (χ0) is 12.8. The van der Waals surface area contributed by atoms with E-state index in [1.54, 1.807) is 18.2 Å². The number of benzene rings is 1. The molecule has 88 valence electrons. The Morgan fingerprint density at radius 1 is 1.41 bits per heavy atom. The van der Waals surface area contributed by atoms with Gasteiger partial charge in [0, 0.05) is 4.47 Å². The summed E-state index contributed by atoms with van der Waals surface area (Å²) in [5.41, 5.74) is 1.48. The van der Waals surface area contributed by atoms with Crippen LogP contribution in [0.5, 0.6) is 0 Å². The number of hydrogen-bond acceptors (Lipinski definition) is 3. The fourth-order valence-corrected chi connectivity index (χ4v) is 1.46. The summed E-state index contributed by atoms with van der Waals surface area (Å²) < 4.78 is 0.685. The van der Waals surface area contributed by atoms with Gasteiger partial charge in [0.15, 0.2) is 0 Å². The van der Waals surface area contributed by atoms with Crippen molar-refractivity contribution >= 4 is 33.4 Å². The number of nitrogens with one attached hydrogen (secondary N) is 2. The largest absolute Gasteiger partial charge is 0.335 e. The molecule has 6 heteroatoms. The first-order valence-corrected chi connectivity index (χ1v) is 5.56. The van der Waals surface area contributed by atoms with Crippen molar-refractivity contribution in [2.75, 3.05) is 11.9 Å². The zero-order valence-electron chi connectivity index (χ0n) is 9.08. The summed E-state index contributed by atoms with van der Waals surface area (Å²) in [6, 6.07) is 7.10. The highest BCUT2D eigenvalue weighted by molar-refractivity contribution is 9.10. The molecule has 2 amide bonds. The van der Waals surface area contributed by atoms with Crippen LogP contribution in [0.15, 0.2) is 22.7 Å². The lowest BCUT2D eigenvalue weighted by Gasteiger charge is -2.07. The second-order valence-electron chi connectivity index (χ2n) is 3.28. The van der Waals surface area contributed by atoms with Crippen LogP contribution in [-0.4, -0.2) is 18.4 Å². The van der Waals surface area contributed by atoms with Crippen LogP contribution < -0.4 is 10.6 Å². The molecule has 1 rings (SSSR count). The molecule has 1 aromatic carbocycles. The van der Waals surface area contributed by atoms with Crippen molar-refractivity contribution in [2.45, 2.75) is 6.92 Å². The van der Waals surface area contributed by atoms with Gasteiger partial charge in [-0.1, -0.05) is 6.07 Å². The minimum atomic E-state index is -0.833. The van der Waals surface area contributed by atoms with E-state index in [0.717, 1.165) is 5.56 Å². The van der Waals surface area contributed by atoms with E-state index < -0.39 is 11.8 Å².